The molecule has 3 heterocycles. The van der Waals surface area contributed by atoms with Crippen molar-refractivity contribution < 1.29 is 9.32 Å². The van der Waals surface area contributed by atoms with Crippen LogP contribution in [0, 0.1) is 6.92 Å². The van der Waals surface area contributed by atoms with Crippen molar-refractivity contribution in [2.75, 3.05) is 11.9 Å². The zero-order valence-electron chi connectivity index (χ0n) is 10.4. The number of aryl methyl sites for hydroxylation is 1. The summed E-state index contributed by atoms with van der Waals surface area (Å²) in [5.74, 6) is 0.743. The molecular weight excluding hydrogens is 266 g/mol. The van der Waals surface area contributed by atoms with E-state index in [1.54, 1.807) is 4.90 Å². The lowest BCUT2D eigenvalue weighted by atomic mass is 10.1. The van der Waals surface area contributed by atoms with E-state index in [2.05, 4.69) is 20.1 Å². The fourth-order valence-corrected chi connectivity index (χ4v) is 2.65. The van der Waals surface area contributed by atoms with Crippen LogP contribution in [0.3, 0.4) is 0 Å². The van der Waals surface area contributed by atoms with Gasteiger partial charge in [0.1, 0.15) is 5.00 Å². The number of aromatic nitrogens is 3. The molecule has 1 N–H and O–H groups in total. The molecule has 0 spiro atoms. The summed E-state index contributed by atoms with van der Waals surface area (Å²) in [5.41, 5.74) is 0.828. The highest BCUT2D eigenvalue weighted by Gasteiger charge is 2.32. The fraction of sp³-hybridized carbons (Fsp3) is 0.455. The molecule has 1 unspecified atom stereocenters. The van der Waals surface area contributed by atoms with Crippen LogP contribution in [0.15, 0.2) is 16.8 Å². The smallest absolute Gasteiger partial charge is 0.323 e. The molecule has 0 saturated carbocycles. The summed E-state index contributed by atoms with van der Waals surface area (Å²) >= 11 is 1.16. The Morgan fingerprint density at radius 2 is 2.53 bits per heavy atom. The molecule has 1 saturated heterocycles. The zero-order valence-corrected chi connectivity index (χ0v) is 11.2. The third kappa shape index (κ3) is 2.43. The predicted molar refractivity (Wildman–Crippen MR) is 68.8 cm³/mol. The maximum atomic E-state index is 12.2. The van der Waals surface area contributed by atoms with Crippen LogP contribution in [0.4, 0.5) is 9.80 Å². The summed E-state index contributed by atoms with van der Waals surface area (Å²) < 4.78 is 8.98. The van der Waals surface area contributed by atoms with Crippen LogP contribution < -0.4 is 5.32 Å². The van der Waals surface area contributed by atoms with Gasteiger partial charge in [0.15, 0.2) is 5.76 Å². The van der Waals surface area contributed by atoms with E-state index in [4.69, 9.17) is 4.52 Å². The fourth-order valence-electron chi connectivity index (χ4n) is 2.25. The van der Waals surface area contributed by atoms with Gasteiger partial charge in [0.25, 0.3) is 0 Å². The van der Waals surface area contributed by atoms with Crippen molar-refractivity contribution in [3.8, 4) is 0 Å². The minimum atomic E-state index is -0.150. The van der Waals surface area contributed by atoms with Gasteiger partial charge in [-0.05, 0) is 19.8 Å². The van der Waals surface area contributed by atoms with Gasteiger partial charge in [-0.2, -0.15) is 0 Å². The van der Waals surface area contributed by atoms with E-state index in [1.165, 1.54) is 6.20 Å². The number of nitrogens with zero attached hydrogens (tertiary/aromatic N) is 4. The number of hydrogen-bond acceptors (Lipinski definition) is 6. The van der Waals surface area contributed by atoms with Crippen molar-refractivity contribution in [1.29, 1.82) is 0 Å². The Morgan fingerprint density at radius 1 is 1.63 bits per heavy atom. The van der Waals surface area contributed by atoms with Gasteiger partial charge in [0.05, 0.1) is 17.9 Å². The van der Waals surface area contributed by atoms with Crippen molar-refractivity contribution in [3.63, 3.8) is 0 Å². The zero-order chi connectivity index (χ0) is 13.2. The maximum Gasteiger partial charge on any atom is 0.323 e. The first-order valence-corrected chi connectivity index (χ1v) is 6.79. The van der Waals surface area contributed by atoms with E-state index in [-0.39, 0.29) is 12.1 Å². The van der Waals surface area contributed by atoms with Crippen molar-refractivity contribution >= 4 is 22.6 Å². The van der Waals surface area contributed by atoms with E-state index in [0.717, 1.165) is 35.8 Å². The molecule has 0 aromatic carbocycles. The average Bonchev–Trinajstić information content (AvgIpc) is 3.07. The molecule has 7 nitrogen and oxygen atoms in total. The standard InChI is InChI=1S/C11H13N5O2S/c1-7-5-9(18-14-7)8-3-2-4-16(8)11(17)13-10-6-12-15-19-10/h5-6,8H,2-4H2,1H3,(H,13,17). The minimum absolute atomic E-state index is 0.0397. The maximum absolute atomic E-state index is 12.2. The monoisotopic (exact) mass is 279 g/mol. The quantitative estimate of drug-likeness (QED) is 0.911. The van der Waals surface area contributed by atoms with E-state index in [1.807, 2.05) is 13.0 Å². The van der Waals surface area contributed by atoms with Crippen LogP contribution in [0.25, 0.3) is 0 Å². The van der Waals surface area contributed by atoms with Gasteiger partial charge in [0.2, 0.25) is 0 Å². The lowest BCUT2D eigenvalue weighted by molar-refractivity contribution is 0.195. The average molecular weight is 279 g/mol. The number of anilines is 1. The molecule has 2 amide bonds. The molecule has 1 aliphatic heterocycles. The molecular formula is C11H13N5O2S. The number of hydrogen-bond donors (Lipinski definition) is 1. The first kappa shape index (κ1) is 12.1. The summed E-state index contributed by atoms with van der Waals surface area (Å²) in [4.78, 5) is 14.0. The molecule has 0 bridgehead atoms. The van der Waals surface area contributed by atoms with Gasteiger partial charge < -0.3 is 9.42 Å². The Bertz CT molecular complexity index is 567. The summed E-state index contributed by atoms with van der Waals surface area (Å²) in [6.07, 6.45) is 3.38. The lowest BCUT2D eigenvalue weighted by Crippen LogP contribution is -2.34. The lowest BCUT2D eigenvalue weighted by Gasteiger charge is -2.22. The second-order valence-electron chi connectivity index (χ2n) is 4.43. The number of carbonyl (C=O) groups excluding carboxylic acids is 1. The van der Waals surface area contributed by atoms with E-state index in [0.29, 0.717) is 11.5 Å². The summed E-state index contributed by atoms with van der Waals surface area (Å²) in [7, 11) is 0. The Hall–Kier alpha value is -1.96. The van der Waals surface area contributed by atoms with E-state index < -0.39 is 0 Å². The molecule has 100 valence electrons. The van der Waals surface area contributed by atoms with Gasteiger partial charge in [-0.1, -0.05) is 9.64 Å². The normalized spacial score (nSPS) is 18.8. The number of carbonyl (C=O) groups is 1. The molecule has 2 aromatic rings. The van der Waals surface area contributed by atoms with Crippen molar-refractivity contribution in [2.24, 2.45) is 0 Å². The van der Waals surface area contributed by atoms with Gasteiger partial charge in [-0.25, -0.2) is 4.79 Å². The van der Waals surface area contributed by atoms with Crippen LogP contribution >= 0.6 is 11.5 Å². The Labute approximate surface area is 113 Å². The molecule has 8 heteroatoms. The van der Waals surface area contributed by atoms with Crippen LogP contribution in [0.2, 0.25) is 0 Å². The number of nitrogens with one attached hydrogen (secondary N) is 1. The van der Waals surface area contributed by atoms with Gasteiger partial charge >= 0.3 is 6.03 Å². The Morgan fingerprint density at radius 3 is 3.21 bits per heavy atom. The Kier molecular flexibility index (Phi) is 3.16. The van der Waals surface area contributed by atoms with Crippen LogP contribution in [-0.2, 0) is 0 Å². The van der Waals surface area contributed by atoms with Crippen molar-refractivity contribution in [3.05, 3.63) is 23.7 Å². The summed E-state index contributed by atoms with van der Waals surface area (Å²) in [6, 6.07) is 1.69. The SMILES string of the molecule is Cc1cc(C2CCCN2C(=O)Nc2cnns2)on1. The molecule has 1 atom stereocenters. The minimum Gasteiger partial charge on any atom is -0.359 e. The Balaban J connectivity index is 1.74. The third-order valence-electron chi connectivity index (χ3n) is 3.08. The summed E-state index contributed by atoms with van der Waals surface area (Å²) in [5, 5.41) is 11.0. The van der Waals surface area contributed by atoms with Crippen molar-refractivity contribution in [1.82, 2.24) is 19.6 Å². The number of urea groups is 1. The highest BCUT2D eigenvalue weighted by atomic mass is 32.1. The predicted octanol–water partition coefficient (Wildman–Crippen LogP) is 2.20. The van der Waals surface area contributed by atoms with E-state index in [9.17, 15) is 4.79 Å². The second kappa shape index (κ2) is 4.96. The first-order valence-electron chi connectivity index (χ1n) is 6.02. The highest BCUT2D eigenvalue weighted by Crippen LogP contribution is 2.32. The van der Waals surface area contributed by atoms with Gasteiger partial charge in [-0.15, -0.1) is 5.10 Å². The second-order valence-corrected chi connectivity index (χ2v) is 5.22. The van der Waals surface area contributed by atoms with E-state index >= 15 is 0 Å². The number of amides is 2. The largest absolute Gasteiger partial charge is 0.359 e. The molecule has 3 rings (SSSR count). The molecule has 1 aliphatic rings. The molecule has 2 aromatic heterocycles. The van der Waals surface area contributed by atoms with Gasteiger partial charge in [-0.3, -0.25) is 5.32 Å². The van der Waals surface area contributed by atoms with Crippen LogP contribution in [-0.4, -0.2) is 32.2 Å². The summed E-state index contributed by atoms with van der Waals surface area (Å²) in [6.45, 7) is 2.58. The van der Waals surface area contributed by atoms with Crippen LogP contribution in [0.1, 0.15) is 30.3 Å². The molecule has 19 heavy (non-hydrogen) atoms. The van der Waals surface area contributed by atoms with Crippen molar-refractivity contribution in [2.45, 2.75) is 25.8 Å². The van der Waals surface area contributed by atoms with Gasteiger partial charge in [0, 0.05) is 24.1 Å². The first-order chi connectivity index (χ1) is 9.24. The van der Waals surface area contributed by atoms with Crippen LogP contribution in [0.5, 0.6) is 0 Å². The molecule has 0 aliphatic carbocycles. The number of rotatable bonds is 2. The molecule has 1 fully saturated rings. The highest BCUT2D eigenvalue weighted by molar-refractivity contribution is 7.10. The third-order valence-corrected chi connectivity index (χ3v) is 3.66. The number of likely N-dealkylation sites (tertiary alicyclic amines) is 1. The molecule has 0 radical (unpaired) electrons. The topological polar surface area (TPSA) is 84.2 Å².